The van der Waals surface area contributed by atoms with Gasteiger partial charge < -0.3 is 15.0 Å². The zero-order valence-electron chi connectivity index (χ0n) is 11.4. The maximum Gasteiger partial charge on any atom is 0.389 e. The van der Waals surface area contributed by atoms with Gasteiger partial charge in [0, 0.05) is 29.2 Å². The Morgan fingerprint density at radius 3 is 2.59 bits per heavy atom. The topological polar surface area (TPSA) is 71.3 Å². The number of halogens is 3. The van der Waals surface area contributed by atoms with Gasteiger partial charge in [-0.25, -0.2) is 0 Å². The fourth-order valence-electron chi connectivity index (χ4n) is 2.04. The van der Waals surface area contributed by atoms with Crippen molar-refractivity contribution in [1.29, 1.82) is 0 Å². The number of nitrogens with zero attached hydrogens (tertiary/aromatic N) is 1. The van der Waals surface area contributed by atoms with E-state index in [0.29, 0.717) is 16.6 Å². The lowest BCUT2D eigenvalue weighted by Gasteiger charge is -2.08. The Hall–Kier alpha value is -2.51. The van der Waals surface area contributed by atoms with E-state index in [0.717, 1.165) is 0 Å². The van der Waals surface area contributed by atoms with Gasteiger partial charge in [-0.05, 0) is 24.3 Å². The minimum atomic E-state index is -4.37. The van der Waals surface area contributed by atoms with Gasteiger partial charge in [0.2, 0.25) is 5.91 Å². The smallest absolute Gasteiger partial charge is 0.389 e. The normalized spacial score (nSPS) is 11.6. The summed E-state index contributed by atoms with van der Waals surface area (Å²) < 4.78 is 37.6. The Morgan fingerprint density at radius 1 is 1.23 bits per heavy atom. The summed E-state index contributed by atoms with van der Waals surface area (Å²) in [7, 11) is 0. The summed E-state index contributed by atoms with van der Waals surface area (Å²) in [6, 6.07) is 6.38. The molecule has 0 aliphatic rings. The molecule has 0 bridgehead atoms. The Labute approximate surface area is 123 Å². The number of amides is 1. The van der Waals surface area contributed by atoms with E-state index in [9.17, 15) is 22.8 Å². The Kier molecular flexibility index (Phi) is 4.39. The molecule has 1 aromatic carbocycles. The van der Waals surface area contributed by atoms with Crippen LogP contribution in [0.1, 0.15) is 12.8 Å². The fourth-order valence-corrected chi connectivity index (χ4v) is 2.04. The average Bonchev–Trinajstić information content (AvgIpc) is 2.77. The Bertz CT molecular complexity index is 707. The number of alkyl halides is 3. The number of carboxylic acid groups (broad SMARTS) is 1. The lowest BCUT2D eigenvalue weighted by Crippen LogP contribution is -2.16. The molecule has 0 atom stereocenters. The van der Waals surface area contributed by atoms with Crippen molar-refractivity contribution in [3.05, 3.63) is 30.5 Å². The third-order valence-corrected chi connectivity index (χ3v) is 3.00. The summed E-state index contributed by atoms with van der Waals surface area (Å²) in [5.41, 5.74) is 1.03. The van der Waals surface area contributed by atoms with E-state index in [1.807, 2.05) is 0 Å². The van der Waals surface area contributed by atoms with Gasteiger partial charge in [0.25, 0.3) is 0 Å². The molecule has 0 fully saturated rings. The van der Waals surface area contributed by atoms with Crippen LogP contribution in [0, 0.1) is 0 Å². The molecule has 0 unspecified atom stereocenters. The number of rotatable bonds is 5. The van der Waals surface area contributed by atoms with Crippen LogP contribution < -0.4 is 5.32 Å². The van der Waals surface area contributed by atoms with Crippen LogP contribution in [0.5, 0.6) is 0 Å². The number of carbonyl (C=O) groups excluding carboxylic acids is 1. The number of hydrogen-bond donors (Lipinski definition) is 2. The fraction of sp³-hybridized carbons (Fsp3) is 0.286. The number of carboxylic acids is 1. The number of aromatic nitrogens is 1. The summed E-state index contributed by atoms with van der Waals surface area (Å²) in [4.78, 5) is 22.2. The molecule has 1 aromatic heterocycles. The van der Waals surface area contributed by atoms with Crippen LogP contribution in [0.4, 0.5) is 18.9 Å². The molecular weight excluding hydrogens is 301 g/mol. The number of carbonyl (C=O) groups is 2. The van der Waals surface area contributed by atoms with Crippen LogP contribution in [0.15, 0.2) is 30.5 Å². The second-order valence-corrected chi connectivity index (χ2v) is 4.77. The molecule has 8 heteroatoms. The van der Waals surface area contributed by atoms with Gasteiger partial charge in [-0.1, -0.05) is 0 Å². The zero-order valence-corrected chi connectivity index (χ0v) is 11.4. The molecule has 0 radical (unpaired) electrons. The van der Waals surface area contributed by atoms with Gasteiger partial charge in [0.15, 0.2) is 0 Å². The van der Waals surface area contributed by atoms with E-state index < -0.39 is 30.9 Å². The molecular formula is C14H13F3N2O3. The summed E-state index contributed by atoms with van der Waals surface area (Å²) in [6.45, 7) is -0.194. The number of nitrogens with one attached hydrogen (secondary N) is 1. The van der Waals surface area contributed by atoms with Gasteiger partial charge in [-0.3, -0.25) is 9.59 Å². The first-order valence-corrected chi connectivity index (χ1v) is 6.42. The van der Waals surface area contributed by atoms with Crippen molar-refractivity contribution in [2.75, 3.05) is 5.32 Å². The van der Waals surface area contributed by atoms with Crippen molar-refractivity contribution in [1.82, 2.24) is 4.57 Å². The third kappa shape index (κ3) is 4.24. The van der Waals surface area contributed by atoms with E-state index in [-0.39, 0.29) is 6.54 Å². The van der Waals surface area contributed by atoms with Crippen molar-refractivity contribution >= 4 is 28.5 Å². The molecule has 0 saturated carbocycles. The largest absolute Gasteiger partial charge is 0.480 e. The SMILES string of the molecule is O=C(O)Cn1ccc2cc(NC(=O)CCC(F)(F)F)ccc21. The first kappa shape index (κ1) is 15.9. The van der Waals surface area contributed by atoms with Crippen LogP contribution in [0.2, 0.25) is 0 Å². The molecule has 2 N–H and O–H groups in total. The Balaban J connectivity index is 2.07. The molecule has 2 rings (SSSR count). The second kappa shape index (κ2) is 6.08. The van der Waals surface area contributed by atoms with Crippen LogP contribution in [0.25, 0.3) is 10.9 Å². The van der Waals surface area contributed by atoms with Gasteiger partial charge in [-0.2, -0.15) is 13.2 Å². The molecule has 0 spiro atoms. The number of aliphatic carboxylic acids is 1. The molecule has 118 valence electrons. The van der Waals surface area contributed by atoms with Crippen LogP contribution >= 0.6 is 0 Å². The van der Waals surface area contributed by atoms with E-state index >= 15 is 0 Å². The number of fused-ring (bicyclic) bond motifs is 1. The zero-order chi connectivity index (χ0) is 16.3. The van der Waals surface area contributed by atoms with Crippen LogP contribution in [-0.2, 0) is 16.1 Å². The molecule has 0 aliphatic carbocycles. The highest BCUT2D eigenvalue weighted by atomic mass is 19.4. The predicted octanol–water partition coefficient (Wildman–Crippen LogP) is 3.01. The molecule has 0 saturated heterocycles. The van der Waals surface area contributed by atoms with E-state index in [2.05, 4.69) is 5.32 Å². The maximum atomic E-state index is 12.0. The number of benzene rings is 1. The summed E-state index contributed by atoms with van der Waals surface area (Å²) in [6.07, 6.45) is -4.58. The highest BCUT2D eigenvalue weighted by molar-refractivity contribution is 5.94. The number of anilines is 1. The Morgan fingerprint density at radius 2 is 1.95 bits per heavy atom. The van der Waals surface area contributed by atoms with Crippen LogP contribution in [0.3, 0.4) is 0 Å². The minimum absolute atomic E-state index is 0.194. The first-order chi connectivity index (χ1) is 10.2. The van der Waals surface area contributed by atoms with Gasteiger partial charge in [0.05, 0.1) is 6.42 Å². The quantitative estimate of drug-likeness (QED) is 0.891. The highest BCUT2D eigenvalue weighted by Gasteiger charge is 2.27. The van der Waals surface area contributed by atoms with Gasteiger partial charge >= 0.3 is 12.1 Å². The van der Waals surface area contributed by atoms with E-state index in [1.54, 1.807) is 24.4 Å². The summed E-state index contributed by atoms with van der Waals surface area (Å²) in [5.74, 6) is -1.70. The minimum Gasteiger partial charge on any atom is -0.480 e. The lowest BCUT2D eigenvalue weighted by atomic mass is 10.2. The van der Waals surface area contributed by atoms with Crippen molar-refractivity contribution < 1.29 is 27.9 Å². The van der Waals surface area contributed by atoms with Gasteiger partial charge in [-0.15, -0.1) is 0 Å². The van der Waals surface area contributed by atoms with Crippen molar-refractivity contribution in [2.45, 2.75) is 25.6 Å². The third-order valence-electron chi connectivity index (χ3n) is 3.00. The summed E-state index contributed by atoms with van der Waals surface area (Å²) >= 11 is 0. The van der Waals surface area contributed by atoms with Gasteiger partial charge in [0.1, 0.15) is 6.54 Å². The maximum absolute atomic E-state index is 12.0. The van der Waals surface area contributed by atoms with Crippen molar-refractivity contribution in [3.8, 4) is 0 Å². The van der Waals surface area contributed by atoms with E-state index in [4.69, 9.17) is 5.11 Å². The monoisotopic (exact) mass is 314 g/mol. The lowest BCUT2D eigenvalue weighted by molar-refractivity contribution is -0.142. The summed E-state index contributed by atoms with van der Waals surface area (Å²) in [5, 5.41) is 11.9. The molecule has 0 aliphatic heterocycles. The van der Waals surface area contributed by atoms with Crippen molar-refractivity contribution in [3.63, 3.8) is 0 Å². The molecule has 1 amide bonds. The predicted molar refractivity (Wildman–Crippen MR) is 73.5 cm³/mol. The number of hydrogen-bond acceptors (Lipinski definition) is 2. The average molecular weight is 314 g/mol. The first-order valence-electron chi connectivity index (χ1n) is 6.42. The molecule has 2 aromatic rings. The van der Waals surface area contributed by atoms with Crippen LogP contribution in [-0.4, -0.2) is 27.7 Å². The molecule has 5 nitrogen and oxygen atoms in total. The standard InChI is InChI=1S/C14H13F3N2O3/c15-14(16,17)5-3-12(20)18-10-1-2-11-9(7-10)4-6-19(11)8-13(21)22/h1-2,4,6-7H,3,5,8H2,(H,18,20)(H,21,22). The second-order valence-electron chi connectivity index (χ2n) is 4.77. The van der Waals surface area contributed by atoms with E-state index in [1.165, 1.54) is 10.6 Å². The van der Waals surface area contributed by atoms with Crippen molar-refractivity contribution in [2.24, 2.45) is 0 Å². The molecule has 1 heterocycles. The highest BCUT2D eigenvalue weighted by Crippen LogP contribution is 2.23. The molecule has 22 heavy (non-hydrogen) atoms.